The Hall–Kier alpha value is -2.62. The molecule has 0 aliphatic carbocycles. The highest BCUT2D eigenvalue weighted by Crippen LogP contribution is 2.26. The zero-order valence-corrected chi connectivity index (χ0v) is 13.8. The van der Waals surface area contributed by atoms with Crippen LogP contribution in [-0.4, -0.2) is 28.9 Å². The maximum Gasteiger partial charge on any atom is 0.289 e. The van der Waals surface area contributed by atoms with Crippen LogP contribution in [0.3, 0.4) is 0 Å². The molecule has 2 aromatic heterocycles. The number of hydrogen-bond donors (Lipinski definition) is 0. The van der Waals surface area contributed by atoms with E-state index in [0.29, 0.717) is 11.5 Å². The van der Waals surface area contributed by atoms with Crippen molar-refractivity contribution in [3.8, 4) is 11.3 Å². The van der Waals surface area contributed by atoms with Gasteiger partial charge in [0.25, 0.3) is 5.91 Å². The first kappa shape index (κ1) is 14.9. The van der Waals surface area contributed by atoms with E-state index in [1.165, 1.54) is 12.0 Å². The summed E-state index contributed by atoms with van der Waals surface area (Å²) < 4.78 is 5.83. The van der Waals surface area contributed by atoms with Gasteiger partial charge in [-0.15, -0.1) is 0 Å². The van der Waals surface area contributed by atoms with E-state index in [4.69, 9.17) is 4.42 Å². The fourth-order valence-electron chi connectivity index (χ4n) is 3.25. The molecule has 0 radical (unpaired) electrons. The van der Waals surface area contributed by atoms with Gasteiger partial charge in [0.1, 0.15) is 5.76 Å². The predicted molar refractivity (Wildman–Crippen MR) is 93.9 cm³/mol. The molecule has 0 spiro atoms. The highest BCUT2D eigenvalue weighted by molar-refractivity contribution is 5.92. The molecule has 0 bridgehead atoms. The molecular weight excluding hydrogens is 300 g/mol. The maximum atomic E-state index is 12.5. The number of aromatic nitrogens is 1. The topological polar surface area (TPSA) is 46.3 Å². The second-order valence-electron chi connectivity index (χ2n) is 6.44. The number of carbonyl (C=O) groups excluding carboxylic acids is 1. The van der Waals surface area contributed by atoms with Crippen LogP contribution in [-0.2, 0) is 0 Å². The zero-order valence-electron chi connectivity index (χ0n) is 13.8. The molecule has 4 heteroatoms. The SMILES string of the molecule is Cc1ccc2ncc(-c3ccc(C(=O)N4CCCCC4)o3)cc2c1. The standard InChI is InChI=1S/C20H20N2O2/c1-14-5-6-17-15(11-14)12-16(13-21-17)18-7-8-19(24-18)20(23)22-9-3-2-4-10-22/h5-8,11-13H,2-4,9-10H2,1H3. The Bertz CT molecular complexity index is 892. The van der Waals surface area contributed by atoms with E-state index in [1.807, 2.05) is 17.0 Å². The lowest BCUT2D eigenvalue weighted by molar-refractivity contribution is 0.0693. The lowest BCUT2D eigenvalue weighted by atomic mass is 10.1. The van der Waals surface area contributed by atoms with Crippen molar-refractivity contribution in [2.24, 2.45) is 0 Å². The van der Waals surface area contributed by atoms with E-state index in [2.05, 4.69) is 30.1 Å². The monoisotopic (exact) mass is 320 g/mol. The van der Waals surface area contributed by atoms with Crippen LogP contribution in [0.5, 0.6) is 0 Å². The number of hydrogen-bond acceptors (Lipinski definition) is 3. The van der Waals surface area contributed by atoms with E-state index >= 15 is 0 Å². The number of fused-ring (bicyclic) bond motifs is 1. The first-order valence-electron chi connectivity index (χ1n) is 8.46. The molecule has 4 nitrogen and oxygen atoms in total. The predicted octanol–water partition coefficient (Wildman–Crippen LogP) is 4.43. The fourth-order valence-corrected chi connectivity index (χ4v) is 3.25. The van der Waals surface area contributed by atoms with Crippen LogP contribution in [0.2, 0.25) is 0 Å². The number of benzene rings is 1. The summed E-state index contributed by atoms with van der Waals surface area (Å²) in [6.45, 7) is 3.71. The molecule has 3 aromatic rings. The summed E-state index contributed by atoms with van der Waals surface area (Å²) in [6, 6.07) is 11.9. The number of aryl methyl sites for hydroxylation is 1. The van der Waals surface area contributed by atoms with Gasteiger partial charge >= 0.3 is 0 Å². The molecule has 24 heavy (non-hydrogen) atoms. The third kappa shape index (κ3) is 2.80. The zero-order chi connectivity index (χ0) is 16.5. The summed E-state index contributed by atoms with van der Waals surface area (Å²) >= 11 is 0. The van der Waals surface area contributed by atoms with Crippen LogP contribution >= 0.6 is 0 Å². The smallest absolute Gasteiger partial charge is 0.289 e. The van der Waals surface area contributed by atoms with Crippen LogP contribution in [0.4, 0.5) is 0 Å². The minimum absolute atomic E-state index is 0.00876. The van der Waals surface area contributed by atoms with E-state index in [-0.39, 0.29) is 5.91 Å². The molecule has 1 amide bonds. The van der Waals surface area contributed by atoms with Crippen molar-refractivity contribution >= 4 is 16.8 Å². The summed E-state index contributed by atoms with van der Waals surface area (Å²) in [5.41, 5.74) is 3.05. The number of likely N-dealkylation sites (tertiary alicyclic amines) is 1. The van der Waals surface area contributed by atoms with Crippen molar-refractivity contribution < 1.29 is 9.21 Å². The molecule has 1 aliphatic heterocycles. The average molecular weight is 320 g/mol. The number of rotatable bonds is 2. The second kappa shape index (κ2) is 6.11. The fraction of sp³-hybridized carbons (Fsp3) is 0.300. The number of amides is 1. The third-order valence-corrected chi connectivity index (χ3v) is 4.58. The Labute approximate surface area is 141 Å². The van der Waals surface area contributed by atoms with E-state index in [1.54, 1.807) is 12.3 Å². The molecule has 4 rings (SSSR count). The van der Waals surface area contributed by atoms with Gasteiger partial charge < -0.3 is 9.32 Å². The lowest BCUT2D eigenvalue weighted by Crippen LogP contribution is -2.35. The molecule has 0 unspecified atom stereocenters. The van der Waals surface area contributed by atoms with Gasteiger partial charge in [0.2, 0.25) is 0 Å². The van der Waals surface area contributed by atoms with Gasteiger partial charge in [-0.05, 0) is 56.5 Å². The number of piperidine rings is 1. The van der Waals surface area contributed by atoms with Crippen molar-refractivity contribution in [3.05, 3.63) is 53.9 Å². The normalized spacial score (nSPS) is 15.0. The number of carbonyl (C=O) groups is 1. The van der Waals surface area contributed by atoms with Gasteiger partial charge in [-0.3, -0.25) is 9.78 Å². The van der Waals surface area contributed by atoms with Gasteiger partial charge in [-0.2, -0.15) is 0 Å². The third-order valence-electron chi connectivity index (χ3n) is 4.58. The second-order valence-corrected chi connectivity index (χ2v) is 6.44. The number of pyridine rings is 1. The highest BCUT2D eigenvalue weighted by atomic mass is 16.4. The molecule has 122 valence electrons. The molecule has 1 saturated heterocycles. The number of furan rings is 1. The largest absolute Gasteiger partial charge is 0.451 e. The van der Waals surface area contributed by atoms with Crippen molar-refractivity contribution in [1.29, 1.82) is 0 Å². The molecule has 1 aromatic carbocycles. The van der Waals surface area contributed by atoms with Gasteiger partial charge in [0.05, 0.1) is 5.52 Å². The maximum absolute atomic E-state index is 12.5. The quantitative estimate of drug-likeness (QED) is 0.702. The van der Waals surface area contributed by atoms with Crippen LogP contribution in [0.15, 0.2) is 47.0 Å². The summed E-state index contributed by atoms with van der Waals surface area (Å²) in [6.07, 6.45) is 5.15. The van der Waals surface area contributed by atoms with Crippen LogP contribution in [0.1, 0.15) is 35.4 Å². The summed E-state index contributed by atoms with van der Waals surface area (Å²) in [7, 11) is 0. The molecule has 1 fully saturated rings. The highest BCUT2D eigenvalue weighted by Gasteiger charge is 2.21. The molecule has 0 saturated carbocycles. The van der Waals surface area contributed by atoms with Gasteiger partial charge in [0.15, 0.2) is 5.76 Å². The summed E-state index contributed by atoms with van der Waals surface area (Å²) in [5.74, 6) is 1.09. The minimum atomic E-state index is -0.00876. The van der Waals surface area contributed by atoms with Crippen LogP contribution in [0, 0.1) is 6.92 Å². The van der Waals surface area contributed by atoms with E-state index in [9.17, 15) is 4.79 Å². The molecule has 0 N–H and O–H groups in total. The van der Waals surface area contributed by atoms with Crippen LogP contribution < -0.4 is 0 Å². The van der Waals surface area contributed by atoms with Crippen molar-refractivity contribution in [1.82, 2.24) is 9.88 Å². The Balaban J connectivity index is 1.63. The van der Waals surface area contributed by atoms with Crippen molar-refractivity contribution in [2.45, 2.75) is 26.2 Å². The Morgan fingerprint density at radius 2 is 1.92 bits per heavy atom. The van der Waals surface area contributed by atoms with Crippen LogP contribution in [0.25, 0.3) is 22.2 Å². The van der Waals surface area contributed by atoms with Gasteiger partial charge in [0, 0.05) is 30.2 Å². The Morgan fingerprint density at radius 1 is 1.08 bits per heavy atom. The summed E-state index contributed by atoms with van der Waals surface area (Å²) in [4.78, 5) is 18.9. The minimum Gasteiger partial charge on any atom is -0.451 e. The molecular formula is C20H20N2O2. The van der Waals surface area contributed by atoms with E-state index < -0.39 is 0 Å². The average Bonchev–Trinajstić information content (AvgIpc) is 3.11. The van der Waals surface area contributed by atoms with E-state index in [0.717, 1.165) is 42.4 Å². The lowest BCUT2D eigenvalue weighted by Gasteiger charge is -2.25. The van der Waals surface area contributed by atoms with Gasteiger partial charge in [-0.1, -0.05) is 11.6 Å². The van der Waals surface area contributed by atoms with Crippen molar-refractivity contribution in [3.63, 3.8) is 0 Å². The Morgan fingerprint density at radius 3 is 2.75 bits per heavy atom. The first-order valence-corrected chi connectivity index (χ1v) is 8.46. The first-order chi connectivity index (χ1) is 11.7. The Kier molecular flexibility index (Phi) is 3.81. The molecule has 0 atom stereocenters. The van der Waals surface area contributed by atoms with Gasteiger partial charge in [-0.25, -0.2) is 0 Å². The molecule has 1 aliphatic rings. The molecule has 3 heterocycles. The number of nitrogens with zero attached hydrogens (tertiary/aromatic N) is 2. The summed E-state index contributed by atoms with van der Waals surface area (Å²) in [5, 5.41) is 1.08. The van der Waals surface area contributed by atoms with Crippen molar-refractivity contribution in [2.75, 3.05) is 13.1 Å².